The first-order valence-electron chi connectivity index (χ1n) is 38.4. The Labute approximate surface area is 573 Å². The summed E-state index contributed by atoms with van der Waals surface area (Å²) >= 11 is 0. The number of carbonyl (C=O) groups excluding carboxylic acids is 1. The zero-order valence-corrected chi connectivity index (χ0v) is 59.2. The second kappa shape index (κ2) is 57.4. The van der Waals surface area contributed by atoms with Crippen LogP contribution in [0, 0.1) is 0 Å². The number of aliphatic hydroxyl groups excluding tert-OH is 11. The van der Waals surface area contributed by atoms with Crippen LogP contribution in [0.5, 0.6) is 0 Å². The van der Waals surface area contributed by atoms with Crippen LogP contribution in [0.2, 0.25) is 0 Å². The molecule has 19 nitrogen and oxygen atoms in total. The van der Waals surface area contributed by atoms with E-state index in [0.717, 1.165) is 77.0 Å². The molecule has 3 aliphatic heterocycles. The van der Waals surface area contributed by atoms with Crippen LogP contribution in [0.25, 0.3) is 0 Å². The molecule has 0 aromatic heterocycles. The predicted molar refractivity (Wildman–Crippen MR) is 374 cm³/mol. The lowest BCUT2D eigenvalue weighted by molar-refractivity contribution is -0.379. The molecule has 0 saturated carbocycles. The molecular weight excluding hydrogens is 1210 g/mol. The van der Waals surface area contributed by atoms with Gasteiger partial charge in [-0.05, 0) is 51.4 Å². The molecule has 3 heterocycles. The summed E-state index contributed by atoms with van der Waals surface area (Å²) < 4.78 is 34.4. The largest absolute Gasteiger partial charge is 0.394 e. The Morgan fingerprint density at radius 1 is 0.389 bits per heavy atom. The molecule has 12 N–H and O–H groups in total. The minimum atomic E-state index is -1.98. The average Bonchev–Trinajstić information content (AvgIpc) is 0.787. The first-order valence-corrected chi connectivity index (χ1v) is 38.4. The van der Waals surface area contributed by atoms with Gasteiger partial charge in [0.1, 0.15) is 73.2 Å². The maximum Gasteiger partial charge on any atom is 0.220 e. The van der Waals surface area contributed by atoms with E-state index in [1.165, 1.54) is 186 Å². The third-order valence-corrected chi connectivity index (χ3v) is 19.2. The summed E-state index contributed by atoms with van der Waals surface area (Å²) in [6.07, 6.45) is 43.6. The Bertz CT molecular complexity index is 1910. The lowest BCUT2D eigenvalue weighted by atomic mass is 9.96. The fourth-order valence-electron chi connectivity index (χ4n) is 13.0. The molecule has 0 radical (unpaired) electrons. The highest BCUT2D eigenvalue weighted by molar-refractivity contribution is 5.76. The number of unbranched alkanes of at least 4 members (excludes halogenated alkanes) is 36. The summed E-state index contributed by atoms with van der Waals surface area (Å²) in [6.45, 7) is 1.69. The fraction of sp³-hybridized carbons (Fsp3) is 0.882. The first kappa shape index (κ1) is 87.0. The zero-order valence-electron chi connectivity index (χ0n) is 59.2. The van der Waals surface area contributed by atoms with Crippen molar-refractivity contribution in [2.45, 2.75) is 401 Å². The topological polar surface area (TPSA) is 307 Å². The highest BCUT2D eigenvalue weighted by Crippen LogP contribution is 2.33. The van der Waals surface area contributed by atoms with Gasteiger partial charge in [0.05, 0.1) is 38.6 Å². The molecule has 17 atom stereocenters. The van der Waals surface area contributed by atoms with Crippen molar-refractivity contribution in [3.8, 4) is 0 Å². The van der Waals surface area contributed by atoms with Crippen molar-refractivity contribution in [2.24, 2.45) is 0 Å². The molecule has 1 amide bonds. The average molecular weight is 1350 g/mol. The molecule has 3 aliphatic rings. The van der Waals surface area contributed by atoms with Gasteiger partial charge in [-0.1, -0.05) is 287 Å². The normalized spacial score (nSPS) is 27.4. The van der Waals surface area contributed by atoms with Crippen LogP contribution in [0.1, 0.15) is 296 Å². The third-order valence-electron chi connectivity index (χ3n) is 19.2. The van der Waals surface area contributed by atoms with Gasteiger partial charge in [-0.25, -0.2) is 0 Å². The van der Waals surface area contributed by atoms with Crippen molar-refractivity contribution in [2.75, 3.05) is 26.4 Å². The van der Waals surface area contributed by atoms with Crippen LogP contribution in [-0.4, -0.2) is 193 Å². The van der Waals surface area contributed by atoms with E-state index in [0.29, 0.717) is 12.8 Å². The molecule has 95 heavy (non-hydrogen) atoms. The number of hydrogen-bond acceptors (Lipinski definition) is 18. The van der Waals surface area contributed by atoms with Crippen LogP contribution in [-0.2, 0) is 33.2 Å². The lowest BCUT2D eigenvalue weighted by Gasteiger charge is -2.48. The number of carbonyl (C=O) groups is 1. The van der Waals surface area contributed by atoms with Crippen LogP contribution in [0.3, 0.4) is 0 Å². The van der Waals surface area contributed by atoms with E-state index in [9.17, 15) is 61.0 Å². The molecule has 17 unspecified atom stereocenters. The van der Waals surface area contributed by atoms with E-state index in [2.05, 4.69) is 67.8 Å². The predicted octanol–water partition coefficient (Wildman–Crippen LogP) is 11.7. The SMILES string of the molecule is CC/C=C\C/C=C\C/C=C\C/C=C\CCCCCCC(=O)NC(COC1OC(CO)C(OC2OC(CO)C(OC3OC(CO)C(O)C(O)C3O)C(O)C2O)C(O)C1O)C(O)CCCCCCCCCCCCCCCCCCCCCCCCCCCCCCCCCCC. The van der Waals surface area contributed by atoms with Gasteiger partial charge in [-0.2, -0.15) is 0 Å². The highest BCUT2D eigenvalue weighted by Gasteiger charge is 2.53. The summed E-state index contributed by atoms with van der Waals surface area (Å²) in [5.41, 5.74) is 0. The summed E-state index contributed by atoms with van der Waals surface area (Å²) in [5.74, 6) is -0.264. The van der Waals surface area contributed by atoms with Crippen LogP contribution < -0.4 is 5.32 Å². The molecule has 3 fully saturated rings. The summed E-state index contributed by atoms with van der Waals surface area (Å²) in [5, 5.41) is 121. The number of rotatable bonds is 60. The van der Waals surface area contributed by atoms with E-state index >= 15 is 0 Å². The quantitative estimate of drug-likeness (QED) is 0.0199. The number of hydrogen-bond donors (Lipinski definition) is 12. The third kappa shape index (κ3) is 38.4. The van der Waals surface area contributed by atoms with E-state index in [1.54, 1.807) is 0 Å². The van der Waals surface area contributed by atoms with Gasteiger partial charge in [-0.3, -0.25) is 4.79 Å². The Morgan fingerprint density at radius 3 is 1.14 bits per heavy atom. The molecular formula is C76H139NO18. The Hall–Kier alpha value is -2.25. The van der Waals surface area contributed by atoms with Gasteiger partial charge in [0.2, 0.25) is 5.91 Å². The molecule has 19 heteroatoms. The molecule has 0 aliphatic carbocycles. The number of nitrogens with one attached hydrogen (secondary N) is 1. The summed E-state index contributed by atoms with van der Waals surface area (Å²) in [7, 11) is 0. The van der Waals surface area contributed by atoms with Crippen molar-refractivity contribution < 1.29 is 89.4 Å². The number of aliphatic hydroxyl groups is 11. The summed E-state index contributed by atoms with van der Waals surface area (Å²) in [6, 6.07) is -0.903. The Kier molecular flexibility index (Phi) is 52.5. The fourth-order valence-corrected chi connectivity index (χ4v) is 13.0. The van der Waals surface area contributed by atoms with Crippen LogP contribution in [0.15, 0.2) is 48.6 Å². The van der Waals surface area contributed by atoms with Crippen molar-refractivity contribution >= 4 is 5.91 Å². The van der Waals surface area contributed by atoms with Crippen molar-refractivity contribution in [3.63, 3.8) is 0 Å². The van der Waals surface area contributed by atoms with Gasteiger partial charge in [0.15, 0.2) is 18.9 Å². The van der Waals surface area contributed by atoms with E-state index in [4.69, 9.17) is 28.4 Å². The Balaban J connectivity index is 1.36. The van der Waals surface area contributed by atoms with Gasteiger partial charge in [0.25, 0.3) is 0 Å². The maximum atomic E-state index is 13.4. The van der Waals surface area contributed by atoms with Crippen LogP contribution in [0.4, 0.5) is 0 Å². The van der Waals surface area contributed by atoms with Gasteiger partial charge >= 0.3 is 0 Å². The zero-order chi connectivity index (χ0) is 68.9. The molecule has 3 rings (SSSR count). The van der Waals surface area contributed by atoms with Crippen molar-refractivity contribution in [1.29, 1.82) is 0 Å². The second-order valence-corrected chi connectivity index (χ2v) is 27.4. The van der Waals surface area contributed by atoms with Crippen LogP contribution >= 0.6 is 0 Å². The van der Waals surface area contributed by atoms with E-state index in [-0.39, 0.29) is 18.9 Å². The molecule has 3 saturated heterocycles. The molecule has 0 aromatic carbocycles. The minimum absolute atomic E-state index is 0.237. The van der Waals surface area contributed by atoms with Gasteiger partial charge < -0.3 is 89.9 Å². The second-order valence-electron chi connectivity index (χ2n) is 27.4. The molecule has 0 spiro atoms. The van der Waals surface area contributed by atoms with Crippen molar-refractivity contribution in [1.82, 2.24) is 5.32 Å². The molecule has 0 aromatic rings. The molecule has 0 bridgehead atoms. The maximum absolute atomic E-state index is 13.4. The minimum Gasteiger partial charge on any atom is -0.394 e. The molecule has 556 valence electrons. The highest BCUT2D eigenvalue weighted by atomic mass is 16.8. The van der Waals surface area contributed by atoms with E-state index in [1.807, 2.05) is 0 Å². The van der Waals surface area contributed by atoms with Crippen molar-refractivity contribution in [3.05, 3.63) is 48.6 Å². The van der Waals surface area contributed by atoms with Gasteiger partial charge in [-0.15, -0.1) is 0 Å². The smallest absolute Gasteiger partial charge is 0.220 e. The van der Waals surface area contributed by atoms with E-state index < -0.39 is 124 Å². The first-order chi connectivity index (χ1) is 46.3. The number of allylic oxidation sites excluding steroid dienone is 8. The van der Waals surface area contributed by atoms with Gasteiger partial charge in [0, 0.05) is 6.42 Å². The standard InChI is InChI=1S/C76H139NO18/c1-3-5-7-9-11-13-15-17-19-21-22-23-24-25-26-27-28-29-30-31-32-33-34-35-36-38-39-41-43-45-47-49-51-53-60(81)59(77-64(82)54-52-50-48-46-44-42-40-37-20-18-16-14-12-10-8-6-4-2)58-90-74-70(88)67(85)72(62(56-79)92-74)95-76-71(89)68(86)73(63(57-80)93-76)94-75-69(87)66(84)65(83)61(55-78)91-75/h6,8,12,14,18,20,40,42,59-63,65-76,78-81,83-89H,3-5,7,9-11,13,15-17,19,21-39,41,43-58H2,1-2H3,(H,77,82)/b8-6-,14-12-,20-18-,42-40-. The number of ether oxygens (including phenoxy) is 6. The monoisotopic (exact) mass is 1350 g/mol. The summed E-state index contributed by atoms with van der Waals surface area (Å²) in [4.78, 5) is 13.4. The lowest BCUT2D eigenvalue weighted by Crippen LogP contribution is -2.66. The Morgan fingerprint density at radius 2 is 0.726 bits per heavy atom. The number of amides is 1.